The maximum Gasteiger partial charge on any atom is 0.255 e. The first kappa shape index (κ1) is 22.5. The van der Waals surface area contributed by atoms with E-state index in [2.05, 4.69) is 27.9 Å². The van der Waals surface area contributed by atoms with E-state index >= 15 is 0 Å². The number of hydrogen-bond acceptors (Lipinski definition) is 5. The summed E-state index contributed by atoms with van der Waals surface area (Å²) in [5.41, 5.74) is 10.5. The highest BCUT2D eigenvalue weighted by Crippen LogP contribution is 2.32. The Morgan fingerprint density at radius 1 is 1.15 bits per heavy atom. The van der Waals surface area contributed by atoms with E-state index in [4.69, 9.17) is 17.3 Å². The lowest BCUT2D eigenvalue weighted by Crippen LogP contribution is -2.13. The number of aromatic amines is 1. The van der Waals surface area contributed by atoms with Crippen LogP contribution in [-0.4, -0.2) is 15.9 Å². The molecule has 0 aliphatic carbocycles. The standard InChI is InChI=1S/C25H18ClFN4OS2/c26-16-11-20-21(12-17(16)27)30-24(29-20)23(33)13-3-5-14(6-4-13)25(32)31-19-10-15(7-8-18(19)28)22-2-1-9-34-22/h1-12,23,33H,28H2,(H,29,30)(H,31,32). The second kappa shape index (κ2) is 9.13. The molecule has 5 nitrogen and oxygen atoms in total. The maximum atomic E-state index is 13.7. The molecule has 1 unspecified atom stereocenters. The topological polar surface area (TPSA) is 83.8 Å². The highest BCUT2D eigenvalue weighted by atomic mass is 35.5. The summed E-state index contributed by atoms with van der Waals surface area (Å²) >= 11 is 12.1. The molecule has 9 heteroatoms. The molecule has 1 atom stereocenters. The van der Waals surface area contributed by atoms with Gasteiger partial charge in [0.1, 0.15) is 11.6 Å². The van der Waals surface area contributed by atoms with Crippen LogP contribution in [0.1, 0.15) is 27.0 Å². The van der Waals surface area contributed by atoms with Crippen molar-refractivity contribution >= 4 is 63.9 Å². The van der Waals surface area contributed by atoms with Crippen molar-refractivity contribution in [3.05, 3.63) is 99.9 Å². The Morgan fingerprint density at radius 2 is 1.94 bits per heavy atom. The number of H-pyrrole nitrogens is 1. The van der Waals surface area contributed by atoms with E-state index in [0.29, 0.717) is 33.8 Å². The number of benzene rings is 3. The number of imidazole rings is 1. The summed E-state index contributed by atoms with van der Waals surface area (Å²) in [5, 5.41) is 4.52. The van der Waals surface area contributed by atoms with E-state index in [1.807, 2.05) is 29.6 Å². The third kappa shape index (κ3) is 4.40. The van der Waals surface area contributed by atoms with Gasteiger partial charge in [0.25, 0.3) is 5.91 Å². The maximum absolute atomic E-state index is 13.7. The van der Waals surface area contributed by atoms with E-state index in [-0.39, 0.29) is 10.9 Å². The molecular weight excluding hydrogens is 491 g/mol. The predicted molar refractivity (Wildman–Crippen MR) is 140 cm³/mol. The Balaban J connectivity index is 1.34. The predicted octanol–water partition coefficient (Wildman–Crippen LogP) is 6.94. The van der Waals surface area contributed by atoms with E-state index < -0.39 is 11.1 Å². The number of hydrogen-bond donors (Lipinski definition) is 4. The van der Waals surface area contributed by atoms with E-state index in [0.717, 1.165) is 16.0 Å². The molecule has 0 fully saturated rings. The van der Waals surface area contributed by atoms with Crippen LogP contribution < -0.4 is 11.1 Å². The Bertz CT molecular complexity index is 1460. The van der Waals surface area contributed by atoms with Gasteiger partial charge in [0, 0.05) is 16.5 Å². The molecule has 170 valence electrons. The van der Waals surface area contributed by atoms with Crippen molar-refractivity contribution in [3.8, 4) is 10.4 Å². The van der Waals surface area contributed by atoms with Crippen molar-refractivity contribution in [2.75, 3.05) is 11.1 Å². The van der Waals surface area contributed by atoms with Gasteiger partial charge < -0.3 is 16.0 Å². The van der Waals surface area contributed by atoms with Gasteiger partial charge in [0.15, 0.2) is 0 Å². The Hall–Kier alpha value is -3.33. The summed E-state index contributed by atoms with van der Waals surface area (Å²) in [6.07, 6.45) is 0. The van der Waals surface area contributed by atoms with Gasteiger partial charge in [-0.3, -0.25) is 4.79 Å². The van der Waals surface area contributed by atoms with Gasteiger partial charge in [0.05, 0.1) is 32.7 Å². The summed E-state index contributed by atoms with van der Waals surface area (Å²) in [5.74, 6) is -0.249. The van der Waals surface area contributed by atoms with E-state index in [1.165, 1.54) is 12.1 Å². The largest absolute Gasteiger partial charge is 0.397 e. The van der Waals surface area contributed by atoms with Crippen molar-refractivity contribution in [1.29, 1.82) is 0 Å². The lowest BCUT2D eigenvalue weighted by atomic mass is 10.1. The first-order valence-corrected chi connectivity index (χ1v) is 12.0. The summed E-state index contributed by atoms with van der Waals surface area (Å²) < 4.78 is 13.7. The Kier molecular flexibility index (Phi) is 6.03. The van der Waals surface area contributed by atoms with Crippen LogP contribution in [0.3, 0.4) is 0 Å². The Labute approximate surface area is 209 Å². The summed E-state index contributed by atoms with van der Waals surface area (Å²) in [4.78, 5) is 21.5. The minimum Gasteiger partial charge on any atom is -0.397 e. The number of nitrogen functional groups attached to an aromatic ring is 1. The molecule has 0 spiro atoms. The molecule has 0 aliphatic rings. The number of halogens is 2. The number of anilines is 2. The van der Waals surface area contributed by atoms with Crippen molar-refractivity contribution in [2.24, 2.45) is 0 Å². The molecule has 0 bridgehead atoms. The first-order chi connectivity index (χ1) is 16.4. The second-order valence-corrected chi connectivity index (χ2v) is 9.53. The van der Waals surface area contributed by atoms with Crippen LogP contribution in [-0.2, 0) is 0 Å². The molecule has 1 amide bonds. The van der Waals surface area contributed by atoms with Crippen molar-refractivity contribution < 1.29 is 9.18 Å². The van der Waals surface area contributed by atoms with Crippen LogP contribution in [0.5, 0.6) is 0 Å². The summed E-state index contributed by atoms with van der Waals surface area (Å²) in [6.45, 7) is 0. The molecule has 2 aromatic heterocycles. The molecule has 0 saturated carbocycles. The SMILES string of the molecule is Nc1ccc(-c2cccs2)cc1NC(=O)c1ccc(C(S)c2nc3cc(F)c(Cl)cc3[nH]2)cc1. The molecule has 0 radical (unpaired) electrons. The highest BCUT2D eigenvalue weighted by Gasteiger charge is 2.17. The van der Waals surface area contributed by atoms with Crippen molar-refractivity contribution in [1.82, 2.24) is 9.97 Å². The lowest BCUT2D eigenvalue weighted by Gasteiger charge is -2.12. The van der Waals surface area contributed by atoms with Crippen molar-refractivity contribution in [3.63, 3.8) is 0 Å². The van der Waals surface area contributed by atoms with Gasteiger partial charge in [-0.05, 0) is 52.9 Å². The van der Waals surface area contributed by atoms with Gasteiger partial charge >= 0.3 is 0 Å². The number of nitrogens with zero attached hydrogens (tertiary/aromatic N) is 1. The molecule has 4 N–H and O–H groups in total. The van der Waals surface area contributed by atoms with Gasteiger partial charge in [0.2, 0.25) is 0 Å². The number of carbonyl (C=O) groups is 1. The van der Waals surface area contributed by atoms with Crippen LogP contribution in [0.2, 0.25) is 5.02 Å². The van der Waals surface area contributed by atoms with Crippen LogP contribution in [0.15, 0.2) is 72.1 Å². The van der Waals surface area contributed by atoms with E-state index in [1.54, 1.807) is 41.7 Å². The lowest BCUT2D eigenvalue weighted by molar-refractivity contribution is 0.102. The smallest absolute Gasteiger partial charge is 0.255 e. The van der Waals surface area contributed by atoms with Crippen LogP contribution in [0.4, 0.5) is 15.8 Å². The average molecular weight is 509 g/mol. The highest BCUT2D eigenvalue weighted by molar-refractivity contribution is 7.80. The molecule has 2 heterocycles. The molecule has 3 aromatic carbocycles. The molecule has 5 aromatic rings. The third-order valence-corrected chi connectivity index (χ3v) is 7.15. The number of nitrogens with two attached hydrogens (primary N) is 1. The summed E-state index contributed by atoms with van der Waals surface area (Å²) in [6, 6.07) is 19.4. The number of rotatable bonds is 5. The minimum atomic E-state index is -0.528. The molecular formula is C25H18ClFN4OS2. The first-order valence-electron chi connectivity index (χ1n) is 10.3. The fourth-order valence-corrected chi connectivity index (χ4v) is 4.77. The number of aromatic nitrogens is 2. The van der Waals surface area contributed by atoms with Crippen LogP contribution >= 0.6 is 35.6 Å². The molecule has 5 rings (SSSR count). The fourth-order valence-electron chi connectivity index (χ4n) is 3.58. The molecule has 0 aliphatic heterocycles. The molecule has 0 saturated heterocycles. The van der Waals surface area contributed by atoms with Crippen molar-refractivity contribution in [2.45, 2.75) is 5.25 Å². The van der Waals surface area contributed by atoms with Crippen LogP contribution in [0, 0.1) is 5.82 Å². The van der Waals surface area contributed by atoms with Crippen LogP contribution in [0.25, 0.3) is 21.5 Å². The van der Waals surface area contributed by atoms with Gasteiger partial charge in [-0.15, -0.1) is 11.3 Å². The van der Waals surface area contributed by atoms with Gasteiger partial charge in [-0.1, -0.05) is 35.9 Å². The monoisotopic (exact) mass is 508 g/mol. The second-order valence-electron chi connectivity index (χ2n) is 7.66. The Morgan fingerprint density at radius 3 is 2.68 bits per heavy atom. The number of nitrogens with one attached hydrogen (secondary N) is 2. The summed E-state index contributed by atoms with van der Waals surface area (Å²) in [7, 11) is 0. The number of amides is 1. The minimum absolute atomic E-state index is 0.0235. The molecule has 34 heavy (non-hydrogen) atoms. The zero-order valence-electron chi connectivity index (χ0n) is 17.5. The number of carbonyl (C=O) groups excluding carboxylic acids is 1. The fraction of sp³-hybridized carbons (Fsp3) is 0.0400. The normalized spacial score (nSPS) is 12.1. The average Bonchev–Trinajstić information content (AvgIpc) is 3.51. The van der Waals surface area contributed by atoms with Gasteiger partial charge in [-0.2, -0.15) is 12.6 Å². The quantitative estimate of drug-likeness (QED) is 0.153. The zero-order valence-corrected chi connectivity index (χ0v) is 20.0. The van der Waals surface area contributed by atoms with Gasteiger partial charge in [-0.25, -0.2) is 9.37 Å². The number of thiophene rings is 1. The third-order valence-electron chi connectivity index (χ3n) is 5.40. The zero-order chi connectivity index (χ0) is 23.8. The number of thiol groups is 1. The van der Waals surface area contributed by atoms with E-state index in [9.17, 15) is 9.18 Å². The number of fused-ring (bicyclic) bond motifs is 1.